The summed E-state index contributed by atoms with van der Waals surface area (Å²) in [4.78, 5) is 27.6. The number of hydrogen-bond donors (Lipinski definition) is 1. The van der Waals surface area contributed by atoms with E-state index in [0.717, 1.165) is 25.9 Å². The Hall–Kier alpha value is -1.61. The summed E-state index contributed by atoms with van der Waals surface area (Å²) in [5, 5.41) is 12.1. The molecule has 2 heterocycles. The standard InChI is InChI=1S/C13H18N4O2/c14-4-3-13(1-2-13)9-16-8-10-7-15-5-6-17(10)12(19)11(16)18/h10,15H,1-3,5-9H2. The third kappa shape index (κ3) is 2.19. The van der Waals surface area contributed by atoms with Gasteiger partial charge in [-0.1, -0.05) is 0 Å². The monoisotopic (exact) mass is 262 g/mol. The summed E-state index contributed by atoms with van der Waals surface area (Å²) in [5.74, 6) is -0.757. The number of carbonyl (C=O) groups is 2. The molecule has 6 heteroatoms. The van der Waals surface area contributed by atoms with E-state index in [1.54, 1.807) is 9.80 Å². The van der Waals surface area contributed by atoms with Gasteiger partial charge in [0.2, 0.25) is 0 Å². The Morgan fingerprint density at radius 2 is 2.16 bits per heavy atom. The third-order valence-electron chi connectivity index (χ3n) is 4.45. The number of carbonyl (C=O) groups excluding carboxylic acids is 2. The van der Waals surface area contributed by atoms with Gasteiger partial charge in [-0.05, 0) is 12.8 Å². The minimum atomic E-state index is -0.387. The Bertz CT molecular complexity index is 452. The molecule has 1 aliphatic carbocycles. The molecule has 3 fully saturated rings. The van der Waals surface area contributed by atoms with Gasteiger partial charge >= 0.3 is 11.8 Å². The lowest BCUT2D eigenvalue weighted by atomic mass is 10.0. The second kappa shape index (κ2) is 4.49. The number of rotatable bonds is 3. The second-order valence-electron chi connectivity index (χ2n) is 5.88. The van der Waals surface area contributed by atoms with Crippen LogP contribution in [0.2, 0.25) is 0 Å². The van der Waals surface area contributed by atoms with Crippen molar-refractivity contribution in [1.29, 1.82) is 5.26 Å². The molecule has 1 unspecified atom stereocenters. The Morgan fingerprint density at radius 3 is 2.84 bits per heavy atom. The molecule has 0 bridgehead atoms. The Balaban J connectivity index is 1.71. The molecule has 1 saturated carbocycles. The van der Waals surface area contributed by atoms with E-state index >= 15 is 0 Å². The summed E-state index contributed by atoms with van der Waals surface area (Å²) in [6, 6.07) is 2.29. The molecular formula is C13H18N4O2. The predicted octanol–water partition coefficient (Wildman–Crippen LogP) is -0.677. The van der Waals surface area contributed by atoms with E-state index in [1.165, 1.54) is 0 Å². The molecular weight excluding hydrogens is 244 g/mol. The molecule has 2 amide bonds. The number of amides is 2. The second-order valence-corrected chi connectivity index (χ2v) is 5.88. The van der Waals surface area contributed by atoms with Crippen LogP contribution in [-0.4, -0.2) is 60.4 Å². The van der Waals surface area contributed by atoms with Gasteiger partial charge in [0.15, 0.2) is 0 Å². The maximum atomic E-state index is 12.1. The summed E-state index contributed by atoms with van der Waals surface area (Å²) in [6.07, 6.45) is 2.47. The fourth-order valence-electron chi connectivity index (χ4n) is 3.06. The fourth-order valence-corrected chi connectivity index (χ4v) is 3.06. The first-order valence-corrected chi connectivity index (χ1v) is 6.83. The summed E-state index contributed by atoms with van der Waals surface area (Å²) < 4.78 is 0. The molecule has 2 saturated heterocycles. The number of nitriles is 1. The van der Waals surface area contributed by atoms with Crippen molar-refractivity contribution < 1.29 is 9.59 Å². The summed E-state index contributed by atoms with van der Waals surface area (Å²) >= 11 is 0. The molecule has 0 aromatic heterocycles. The minimum absolute atomic E-state index is 0.0328. The van der Waals surface area contributed by atoms with E-state index in [2.05, 4.69) is 11.4 Å². The average Bonchev–Trinajstić information content (AvgIpc) is 3.16. The molecule has 0 aromatic rings. The van der Waals surface area contributed by atoms with Crippen molar-refractivity contribution in [3.8, 4) is 6.07 Å². The Morgan fingerprint density at radius 1 is 1.37 bits per heavy atom. The van der Waals surface area contributed by atoms with Crippen LogP contribution in [0.1, 0.15) is 19.3 Å². The molecule has 3 aliphatic rings. The highest BCUT2D eigenvalue weighted by Gasteiger charge is 2.48. The number of piperazine rings is 2. The van der Waals surface area contributed by atoms with Crippen LogP contribution in [0.25, 0.3) is 0 Å². The van der Waals surface area contributed by atoms with Gasteiger partial charge in [0, 0.05) is 44.6 Å². The lowest BCUT2D eigenvalue weighted by Gasteiger charge is -2.44. The maximum Gasteiger partial charge on any atom is 0.312 e. The van der Waals surface area contributed by atoms with Crippen LogP contribution in [0.4, 0.5) is 0 Å². The van der Waals surface area contributed by atoms with Crippen molar-refractivity contribution >= 4 is 11.8 Å². The molecule has 2 aliphatic heterocycles. The van der Waals surface area contributed by atoms with Crippen molar-refractivity contribution in [2.75, 3.05) is 32.7 Å². The lowest BCUT2D eigenvalue weighted by molar-refractivity contribution is -0.160. The number of nitrogens with zero attached hydrogens (tertiary/aromatic N) is 3. The normalized spacial score (nSPS) is 28.9. The zero-order valence-electron chi connectivity index (χ0n) is 10.9. The van der Waals surface area contributed by atoms with Crippen molar-refractivity contribution in [2.45, 2.75) is 25.3 Å². The maximum absolute atomic E-state index is 12.1. The van der Waals surface area contributed by atoms with Crippen molar-refractivity contribution in [1.82, 2.24) is 15.1 Å². The fraction of sp³-hybridized carbons (Fsp3) is 0.769. The SMILES string of the molecule is N#CCC1(CN2CC3CNCCN3C(=O)C2=O)CC1. The molecule has 3 rings (SSSR count). The molecule has 19 heavy (non-hydrogen) atoms. The molecule has 0 radical (unpaired) electrons. The number of hydrogen-bond acceptors (Lipinski definition) is 4. The van der Waals surface area contributed by atoms with Gasteiger partial charge in [0.1, 0.15) is 0 Å². The Labute approximate surface area is 112 Å². The summed E-state index contributed by atoms with van der Waals surface area (Å²) in [6.45, 7) is 3.29. The number of nitrogens with one attached hydrogen (secondary N) is 1. The molecule has 0 spiro atoms. The van der Waals surface area contributed by atoms with E-state index in [0.29, 0.717) is 26.1 Å². The highest BCUT2D eigenvalue weighted by molar-refractivity contribution is 6.35. The van der Waals surface area contributed by atoms with Gasteiger partial charge < -0.3 is 15.1 Å². The third-order valence-corrected chi connectivity index (χ3v) is 4.45. The van der Waals surface area contributed by atoms with Gasteiger partial charge in [0.05, 0.1) is 12.1 Å². The van der Waals surface area contributed by atoms with Crippen LogP contribution in [-0.2, 0) is 9.59 Å². The molecule has 6 nitrogen and oxygen atoms in total. The van der Waals surface area contributed by atoms with Crippen LogP contribution in [0.15, 0.2) is 0 Å². The molecule has 1 N–H and O–H groups in total. The van der Waals surface area contributed by atoms with E-state index < -0.39 is 0 Å². The van der Waals surface area contributed by atoms with Crippen molar-refractivity contribution in [2.24, 2.45) is 5.41 Å². The van der Waals surface area contributed by atoms with Crippen molar-refractivity contribution in [3.05, 3.63) is 0 Å². The predicted molar refractivity (Wildman–Crippen MR) is 66.8 cm³/mol. The van der Waals surface area contributed by atoms with E-state index in [-0.39, 0.29) is 23.3 Å². The van der Waals surface area contributed by atoms with Crippen LogP contribution in [0.3, 0.4) is 0 Å². The number of fused-ring (bicyclic) bond motifs is 1. The first-order valence-electron chi connectivity index (χ1n) is 6.83. The quantitative estimate of drug-likeness (QED) is 0.684. The largest absolute Gasteiger partial charge is 0.332 e. The highest BCUT2D eigenvalue weighted by Crippen LogP contribution is 2.49. The van der Waals surface area contributed by atoms with Gasteiger partial charge in [-0.2, -0.15) is 5.26 Å². The Kier molecular flexibility index (Phi) is 2.94. The topological polar surface area (TPSA) is 76.4 Å². The van der Waals surface area contributed by atoms with E-state index in [1.807, 2.05) is 0 Å². The van der Waals surface area contributed by atoms with E-state index in [9.17, 15) is 9.59 Å². The van der Waals surface area contributed by atoms with Gasteiger partial charge in [0.25, 0.3) is 0 Å². The van der Waals surface area contributed by atoms with Crippen LogP contribution >= 0.6 is 0 Å². The van der Waals surface area contributed by atoms with E-state index in [4.69, 9.17) is 5.26 Å². The zero-order chi connectivity index (χ0) is 13.5. The summed E-state index contributed by atoms with van der Waals surface area (Å²) in [7, 11) is 0. The molecule has 0 aromatic carbocycles. The van der Waals surface area contributed by atoms with Gasteiger partial charge in [-0.15, -0.1) is 0 Å². The first-order chi connectivity index (χ1) is 9.15. The lowest BCUT2D eigenvalue weighted by Crippen LogP contribution is -2.66. The molecule has 1 atom stereocenters. The van der Waals surface area contributed by atoms with Crippen LogP contribution < -0.4 is 5.32 Å². The van der Waals surface area contributed by atoms with Gasteiger partial charge in [-0.3, -0.25) is 9.59 Å². The minimum Gasteiger partial charge on any atom is -0.332 e. The van der Waals surface area contributed by atoms with Crippen molar-refractivity contribution in [3.63, 3.8) is 0 Å². The van der Waals surface area contributed by atoms with Crippen LogP contribution in [0, 0.1) is 16.7 Å². The average molecular weight is 262 g/mol. The highest BCUT2D eigenvalue weighted by atomic mass is 16.2. The smallest absolute Gasteiger partial charge is 0.312 e. The summed E-state index contributed by atoms with van der Waals surface area (Å²) in [5.41, 5.74) is -0.0328. The van der Waals surface area contributed by atoms with Gasteiger partial charge in [-0.25, -0.2) is 0 Å². The van der Waals surface area contributed by atoms with Crippen LogP contribution in [0.5, 0.6) is 0 Å². The zero-order valence-corrected chi connectivity index (χ0v) is 10.9. The first kappa shape index (κ1) is 12.4. The molecule has 102 valence electrons.